The molecule has 186 valence electrons. The van der Waals surface area contributed by atoms with Crippen LogP contribution in [0.5, 0.6) is 0 Å². The highest BCUT2D eigenvalue weighted by molar-refractivity contribution is 9.10. The number of carbonyl (C=O) groups is 2. The van der Waals surface area contributed by atoms with Gasteiger partial charge in [0.25, 0.3) is 11.1 Å². The summed E-state index contributed by atoms with van der Waals surface area (Å²) < 4.78 is 8.69. The van der Waals surface area contributed by atoms with Crippen molar-refractivity contribution in [2.75, 3.05) is 31.2 Å². The summed E-state index contributed by atoms with van der Waals surface area (Å²) in [5, 5.41) is -0.232. The average molecular weight is 567 g/mol. The van der Waals surface area contributed by atoms with Crippen molar-refractivity contribution in [1.29, 1.82) is 0 Å². The van der Waals surface area contributed by atoms with Crippen LogP contribution in [0.1, 0.15) is 28.1 Å². The van der Waals surface area contributed by atoms with Crippen molar-refractivity contribution in [3.05, 3.63) is 86.0 Å². The van der Waals surface area contributed by atoms with Crippen LogP contribution in [0.2, 0.25) is 0 Å². The molecule has 5 rings (SSSR count). The van der Waals surface area contributed by atoms with Crippen molar-refractivity contribution in [2.45, 2.75) is 27.3 Å². The Kier molecular flexibility index (Phi) is 7.10. The second kappa shape index (κ2) is 10.3. The van der Waals surface area contributed by atoms with Gasteiger partial charge in [0.2, 0.25) is 0 Å². The van der Waals surface area contributed by atoms with E-state index in [0.29, 0.717) is 4.91 Å². The zero-order chi connectivity index (χ0) is 25.4. The average Bonchev–Trinajstić information content (AvgIpc) is 3.28. The summed E-state index contributed by atoms with van der Waals surface area (Å²) in [7, 11) is 0. The Morgan fingerprint density at radius 1 is 1.03 bits per heavy atom. The number of benzene rings is 2. The molecule has 2 aliphatic heterocycles. The number of halogens is 1. The number of rotatable bonds is 5. The largest absolute Gasteiger partial charge is 0.378 e. The zero-order valence-corrected chi connectivity index (χ0v) is 23.0. The molecule has 0 spiro atoms. The van der Waals surface area contributed by atoms with Crippen LogP contribution in [0, 0.1) is 20.8 Å². The molecular weight excluding hydrogens is 538 g/mol. The molecular formula is C28H28BrN3O3S. The quantitative estimate of drug-likeness (QED) is 0.343. The predicted octanol–water partition coefficient (Wildman–Crippen LogP) is 6.24. The third kappa shape index (κ3) is 4.90. The molecule has 8 heteroatoms. The normalized spacial score (nSPS) is 17.5. The molecule has 0 bridgehead atoms. The minimum absolute atomic E-state index is 0.232. The van der Waals surface area contributed by atoms with Gasteiger partial charge >= 0.3 is 0 Å². The fourth-order valence-electron chi connectivity index (χ4n) is 4.80. The molecule has 0 radical (unpaired) electrons. The number of thioether (sulfide) groups is 1. The fraction of sp³-hybridized carbons (Fsp3) is 0.286. The van der Waals surface area contributed by atoms with Crippen molar-refractivity contribution >= 4 is 50.6 Å². The lowest BCUT2D eigenvalue weighted by atomic mass is 10.1. The Hall–Kier alpha value is -2.81. The molecule has 0 unspecified atom stereocenters. The number of anilines is 1. The maximum atomic E-state index is 13.1. The van der Waals surface area contributed by atoms with Gasteiger partial charge in [0.1, 0.15) is 0 Å². The molecule has 3 heterocycles. The van der Waals surface area contributed by atoms with Gasteiger partial charge in [-0.2, -0.15) is 0 Å². The van der Waals surface area contributed by atoms with Crippen molar-refractivity contribution in [3.63, 3.8) is 0 Å². The first-order valence-electron chi connectivity index (χ1n) is 11.9. The monoisotopic (exact) mass is 565 g/mol. The number of hydrogen-bond donors (Lipinski definition) is 0. The molecule has 0 aliphatic carbocycles. The van der Waals surface area contributed by atoms with Crippen LogP contribution in [-0.4, -0.2) is 46.9 Å². The zero-order valence-electron chi connectivity index (χ0n) is 20.6. The van der Waals surface area contributed by atoms with E-state index < -0.39 is 0 Å². The number of aromatic nitrogens is 1. The van der Waals surface area contributed by atoms with Gasteiger partial charge in [0, 0.05) is 34.6 Å². The smallest absolute Gasteiger partial charge is 0.293 e. The van der Waals surface area contributed by atoms with Gasteiger partial charge in [-0.1, -0.05) is 29.8 Å². The maximum Gasteiger partial charge on any atom is 0.293 e. The lowest BCUT2D eigenvalue weighted by Gasteiger charge is -2.30. The SMILES string of the molecule is Cc1cccc(CN2C(=O)S/C(=C\c3cc(C)n(-c4ccc(N5CCOCC5)c(Br)c4)c3C)C2=O)c1. The van der Waals surface area contributed by atoms with Crippen molar-refractivity contribution in [3.8, 4) is 5.69 Å². The Morgan fingerprint density at radius 3 is 2.53 bits per heavy atom. The molecule has 2 amide bonds. The Labute approximate surface area is 224 Å². The van der Waals surface area contributed by atoms with Crippen LogP contribution in [0.4, 0.5) is 10.5 Å². The molecule has 2 saturated heterocycles. The third-order valence-electron chi connectivity index (χ3n) is 6.59. The maximum absolute atomic E-state index is 13.1. The number of morpholine rings is 1. The number of imide groups is 1. The summed E-state index contributed by atoms with van der Waals surface area (Å²) in [6.07, 6.45) is 1.84. The molecule has 2 fully saturated rings. The molecule has 0 saturated carbocycles. The summed E-state index contributed by atoms with van der Waals surface area (Å²) in [5.41, 5.74) is 7.26. The lowest BCUT2D eigenvalue weighted by Crippen LogP contribution is -2.36. The van der Waals surface area contributed by atoms with Gasteiger partial charge in [-0.05, 0) is 89.9 Å². The lowest BCUT2D eigenvalue weighted by molar-refractivity contribution is -0.123. The first-order valence-corrected chi connectivity index (χ1v) is 13.6. The van der Waals surface area contributed by atoms with Gasteiger partial charge in [-0.25, -0.2) is 0 Å². The minimum atomic E-state index is -0.242. The molecule has 6 nitrogen and oxygen atoms in total. The summed E-state index contributed by atoms with van der Waals surface area (Å²) in [6.45, 7) is 9.61. The van der Waals surface area contributed by atoms with Crippen molar-refractivity contribution < 1.29 is 14.3 Å². The highest BCUT2D eigenvalue weighted by Gasteiger charge is 2.35. The van der Waals surface area contributed by atoms with Crippen LogP contribution < -0.4 is 4.90 Å². The number of nitrogens with zero attached hydrogens (tertiary/aromatic N) is 3. The number of amides is 2. The van der Waals surface area contributed by atoms with Gasteiger partial charge in [-0.3, -0.25) is 14.5 Å². The van der Waals surface area contributed by atoms with E-state index in [0.717, 1.165) is 82.0 Å². The number of carbonyl (C=O) groups excluding carboxylic acids is 2. The highest BCUT2D eigenvalue weighted by Crippen LogP contribution is 2.36. The van der Waals surface area contributed by atoms with E-state index in [1.54, 1.807) is 0 Å². The number of aryl methyl sites for hydroxylation is 2. The van der Waals surface area contributed by atoms with E-state index >= 15 is 0 Å². The van der Waals surface area contributed by atoms with E-state index in [4.69, 9.17) is 4.74 Å². The van der Waals surface area contributed by atoms with Gasteiger partial charge < -0.3 is 14.2 Å². The molecule has 0 atom stereocenters. The molecule has 0 N–H and O–H groups in total. The standard InChI is InChI=1S/C28H28BrN3O3S/c1-18-5-4-6-21(13-18)17-31-27(33)26(36-28(31)34)15-22-14-19(2)32(20(22)3)23-7-8-25(24(29)16-23)30-9-11-35-12-10-30/h4-8,13-16H,9-12,17H2,1-3H3/b26-15-. The van der Waals surface area contributed by atoms with Crippen LogP contribution >= 0.6 is 27.7 Å². The highest BCUT2D eigenvalue weighted by atomic mass is 79.9. The minimum Gasteiger partial charge on any atom is -0.378 e. The van der Waals surface area contributed by atoms with E-state index in [9.17, 15) is 9.59 Å². The van der Waals surface area contributed by atoms with Crippen molar-refractivity contribution in [2.24, 2.45) is 0 Å². The molecule has 2 aromatic carbocycles. The second-order valence-electron chi connectivity index (χ2n) is 9.15. The van der Waals surface area contributed by atoms with Crippen LogP contribution in [0.15, 0.2) is 57.9 Å². The second-order valence-corrected chi connectivity index (χ2v) is 11.0. The third-order valence-corrected chi connectivity index (χ3v) is 8.14. The van der Waals surface area contributed by atoms with E-state index in [-0.39, 0.29) is 17.7 Å². The molecule has 2 aliphatic rings. The van der Waals surface area contributed by atoms with Crippen LogP contribution in [0.25, 0.3) is 11.8 Å². The van der Waals surface area contributed by atoms with Crippen LogP contribution in [-0.2, 0) is 16.1 Å². The molecule has 36 heavy (non-hydrogen) atoms. The first-order chi connectivity index (χ1) is 17.3. The Morgan fingerprint density at radius 2 is 1.81 bits per heavy atom. The Bertz CT molecular complexity index is 1370. The van der Waals surface area contributed by atoms with Gasteiger partial charge in [-0.15, -0.1) is 0 Å². The molecule has 1 aromatic heterocycles. The van der Waals surface area contributed by atoms with Crippen molar-refractivity contribution in [1.82, 2.24) is 9.47 Å². The van der Waals surface area contributed by atoms with E-state index in [1.807, 2.05) is 44.2 Å². The summed E-state index contributed by atoms with van der Waals surface area (Å²) in [6, 6.07) is 16.3. The van der Waals surface area contributed by atoms with E-state index in [2.05, 4.69) is 56.6 Å². The number of ether oxygens (including phenoxy) is 1. The first kappa shape index (κ1) is 24.9. The number of hydrogen-bond acceptors (Lipinski definition) is 5. The van der Waals surface area contributed by atoms with Gasteiger partial charge in [0.15, 0.2) is 0 Å². The predicted molar refractivity (Wildman–Crippen MR) is 149 cm³/mol. The van der Waals surface area contributed by atoms with Crippen LogP contribution in [0.3, 0.4) is 0 Å². The fourth-order valence-corrected chi connectivity index (χ4v) is 6.24. The van der Waals surface area contributed by atoms with E-state index in [1.165, 1.54) is 4.90 Å². The molecule has 3 aromatic rings. The van der Waals surface area contributed by atoms with Gasteiger partial charge in [0.05, 0.1) is 30.4 Å². The summed E-state index contributed by atoms with van der Waals surface area (Å²) >= 11 is 4.77. The Balaban J connectivity index is 1.40. The summed E-state index contributed by atoms with van der Waals surface area (Å²) in [4.78, 5) is 29.9. The summed E-state index contributed by atoms with van der Waals surface area (Å²) in [5.74, 6) is -0.242. The topological polar surface area (TPSA) is 54.8 Å².